The van der Waals surface area contributed by atoms with Crippen LogP contribution in [0.5, 0.6) is 5.75 Å². The van der Waals surface area contributed by atoms with Gasteiger partial charge in [-0.2, -0.15) is 17.6 Å². The molecule has 3 N–H and O–H groups in total. The van der Waals surface area contributed by atoms with E-state index < -0.39 is 41.9 Å². The summed E-state index contributed by atoms with van der Waals surface area (Å²) in [6.07, 6.45) is -4.86. The molecule has 1 unspecified atom stereocenters. The number of alkyl halides is 3. The summed E-state index contributed by atoms with van der Waals surface area (Å²) in [5.74, 6) is -7.05. The summed E-state index contributed by atoms with van der Waals surface area (Å²) in [4.78, 5) is 0. The maximum absolute atomic E-state index is 13.3. The number of hydrogen-bond acceptors (Lipinski definition) is 3. The zero-order valence-corrected chi connectivity index (χ0v) is 11.2. The molecule has 10 heteroatoms. The lowest BCUT2D eigenvalue weighted by Crippen LogP contribution is -2.40. The first-order chi connectivity index (χ1) is 9.16. The Kier molecular flexibility index (Phi) is 5.15. The zero-order chi connectivity index (χ0) is 15.5. The number of amidine groups is 1. The molecule has 0 amide bonds. The van der Waals surface area contributed by atoms with Crippen LogP contribution in [0.4, 0.5) is 22.0 Å². The van der Waals surface area contributed by atoms with E-state index in [0.29, 0.717) is 0 Å². The quantitative estimate of drug-likeness (QED) is 0.216. The highest BCUT2D eigenvalue weighted by atomic mass is 79.9. The number of benzene rings is 1. The normalized spacial score (nSPS) is 14.2. The monoisotopic (exact) mass is 362 g/mol. The van der Waals surface area contributed by atoms with E-state index in [1.54, 1.807) is 0 Å². The Morgan fingerprint density at radius 2 is 2.00 bits per heavy atom. The second-order valence-electron chi connectivity index (χ2n) is 3.63. The van der Waals surface area contributed by atoms with Gasteiger partial charge in [0, 0.05) is 4.47 Å². The van der Waals surface area contributed by atoms with E-state index in [4.69, 9.17) is 10.9 Å². The average Bonchev–Trinajstić information content (AvgIpc) is 2.33. The standard InChI is InChI=1S/C10H8BrF5N2O2/c11-4-1-6(12)8(13)7(2-4)20-3-5(9(17)18-19)10(14,15)16/h1-2,5,19H,3H2,(H2,17,18). The van der Waals surface area contributed by atoms with Crippen LogP contribution >= 0.6 is 15.9 Å². The lowest BCUT2D eigenvalue weighted by Gasteiger charge is -2.19. The highest BCUT2D eigenvalue weighted by molar-refractivity contribution is 9.10. The van der Waals surface area contributed by atoms with Crippen LogP contribution in [-0.2, 0) is 0 Å². The van der Waals surface area contributed by atoms with Gasteiger partial charge < -0.3 is 15.7 Å². The summed E-state index contributed by atoms with van der Waals surface area (Å²) in [5, 5.41) is 10.5. The van der Waals surface area contributed by atoms with E-state index in [9.17, 15) is 22.0 Å². The van der Waals surface area contributed by atoms with Crippen molar-refractivity contribution in [3.63, 3.8) is 0 Å². The lowest BCUT2D eigenvalue weighted by atomic mass is 10.1. The second kappa shape index (κ2) is 6.25. The van der Waals surface area contributed by atoms with Gasteiger partial charge in [-0.1, -0.05) is 21.1 Å². The van der Waals surface area contributed by atoms with Gasteiger partial charge in [0.1, 0.15) is 12.5 Å². The molecule has 0 heterocycles. The molecule has 1 rings (SSSR count). The SMILES string of the molecule is N/C(=N/O)C(COc1cc(Br)cc(F)c1F)C(F)(F)F. The number of nitrogens with zero attached hydrogens (tertiary/aromatic N) is 1. The van der Waals surface area contributed by atoms with E-state index in [0.717, 1.165) is 12.1 Å². The van der Waals surface area contributed by atoms with E-state index in [1.807, 2.05) is 0 Å². The van der Waals surface area contributed by atoms with Crippen molar-refractivity contribution in [3.05, 3.63) is 28.2 Å². The average molecular weight is 363 g/mol. The number of oxime groups is 1. The van der Waals surface area contributed by atoms with Gasteiger partial charge in [-0.05, 0) is 12.1 Å². The van der Waals surface area contributed by atoms with E-state index in [2.05, 4.69) is 25.8 Å². The van der Waals surface area contributed by atoms with Crippen molar-refractivity contribution in [2.24, 2.45) is 16.8 Å². The van der Waals surface area contributed by atoms with Gasteiger partial charge >= 0.3 is 6.18 Å². The van der Waals surface area contributed by atoms with Crippen LogP contribution in [0.1, 0.15) is 0 Å². The molecule has 0 radical (unpaired) electrons. The lowest BCUT2D eigenvalue weighted by molar-refractivity contribution is -0.162. The molecule has 20 heavy (non-hydrogen) atoms. The van der Waals surface area contributed by atoms with Crippen molar-refractivity contribution in [3.8, 4) is 5.75 Å². The first kappa shape index (κ1) is 16.5. The smallest absolute Gasteiger partial charge is 0.402 e. The number of nitrogens with two attached hydrogens (primary N) is 1. The molecule has 0 fully saturated rings. The number of rotatable bonds is 4. The molecule has 0 aromatic heterocycles. The largest absolute Gasteiger partial charge is 0.489 e. The van der Waals surface area contributed by atoms with Gasteiger partial charge in [0.2, 0.25) is 5.82 Å². The van der Waals surface area contributed by atoms with Gasteiger partial charge in [-0.15, -0.1) is 0 Å². The highest BCUT2D eigenvalue weighted by Crippen LogP contribution is 2.30. The predicted molar refractivity (Wildman–Crippen MR) is 62.5 cm³/mol. The minimum atomic E-state index is -4.86. The van der Waals surface area contributed by atoms with Crippen LogP contribution in [0.15, 0.2) is 21.8 Å². The molecule has 1 aromatic rings. The highest BCUT2D eigenvalue weighted by Gasteiger charge is 2.43. The Hall–Kier alpha value is -1.58. The van der Waals surface area contributed by atoms with Crippen molar-refractivity contribution >= 4 is 21.8 Å². The van der Waals surface area contributed by atoms with Gasteiger partial charge in [0.15, 0.2) is 17.4 Å². The molecule has 0 saturated heterocycles. The molecular formula is C10H8BrF5N2O2. The third kappa shape index (κ3) is 3.95. The van der Waals surface area contributed by atoms with Gasteiger partial charge in [0.05, 0.1) is 0 Å². The van der Waals surface area contributed by atoms with E-state index in [1.165, 1.54) is 0 Å². The molecule has 0 saturated carbocycles. The van der Waals surface area contributed by atoms with Crippen LogP contribution in [0.3, 0.4) is 0 Å². The fourth-order valence-electron chi connectivity index (χ4n) is 1.23. The molecule has 0 spiro atoms. The van der Waals surface area contributed by atoms with Crippen LogP contribution in [0.2, 0.25) is 0 Å². The van der Waals surface area contributed by atoms with Gasteiger partial charge in [-0.25, -0.2) is 4.39 Å². The Balaban J connectivity index is 2.94. The summed E-state index contributed by atoms with van der Waals surface area (Å²) in [6, 6.07) is 1.74. The van der Waals surface area contributed by atoms with E-state index >= 15 is 0 Å². The van der Waals surface area contributed by atoms with Crippen LogP contribution in [0, 0.1) is 17.6 Å². The summed E-state index contributed by atoms with van der Waals surface area (Å²) in [6.45, 7) is -1.16. The molecule has 1 atom stereocenters. The topological polar surface area (TPSA) is 67.8 Å². The fraction of sp³-hybridized carbons (Fsp3) is 0.300. The number of ether oxygens (including phenoxy) is 1. The van der Waals surface area contributed by atoms with Crippen molar-refractivity contribution in [1.82, 2.24) is 0 Å². The summed E-state index contributed by atoms with van der Waals surface area (Å²) in [7, 11) is 0. The zero-order valence-electron chi connectivity index (χ0n) is 9.59. The molecular weight excluding hydrogens is 355 g/mol. The summed E-state index contributed by atoms with van der Waals surface area (Å²) in [5.41, 5.74) is 4.89. The summed E-state index contributed by atoms with van der Waals surface area (Å²) >= 11 is 2.84. The molecule has 0 aliphatic carbocycles. The predicted octanol–water partition coefficient (Wildman–Crippen LogP) is 3.03. The minimum Gasteiger partial charge on any atom is -0.489 e. The van der Waals surface area contributed by atoms with Crippen molar-refractivity contribution in [2.75, 3.05) is 6.61 Å². The molecule has 112 valence electrons. The Morgan fingerprint density at radius 3 is 2.50 bits per heavy atom. The number of halogens is 6. The second-order valence-corrected chi connectivity index (χ2v) is 4.55. The van der Waals surface area contributed by atoms with Gasteiger partial charge in [0.25, 0.3) is 0 Å². The molecule has 4 nitrogen and oxygen atoms in total. The third-order valence-corrected chi connectivity index (χ3v) is 2.69. The van der Waals surface area contributed by atoms with Crippen molar-refractivity contribution < 1.29 is 31.9 Å². The third-order valence-electron chi connectivity index (χ3n) is 2.23. The molecule has 0 aliphatic heterocycles. The Morgan fingerprint density at radius 1 is 1.40 bits per heavy atom. The Bertz CT molecular complexity index is 521. The maximum atomic E-state index is 13.3. The Labute approximate surface area is 118 Å². The van der Waals surface area contributed by atoms with E-state index in [-0.39, 0.29) is 4.47 Å². The molecule has 0 bridgehead atoms. The first-order valence-electron chi connectivity index (χ1n) is 4.98. The fourth-order valence-corrected chi connectivity index (χ4v) is 1.64. The van der Waals surface area contributed by atoms with Crippen molar-refractivity contribution in [2.45, 2.75) is 6.18 Å². The minimum absolute atomic E-state index is 0.0822. The van der Waals surface area contributed by atoms with Crippen LogP contribution in [-0.4, -0.2) is 23.8 Å². The summed E-state index contributed by atoms with van der Waals surface area (Å²) < 4.78 is 68.8. The number of hydrogen-bond donors (Lipinski definition) is 2. The maximum Gasteiger partial charge on any atom is 0.402 e. The molecule has 1 aromatic carbocycles. The van der Waals surface area contributed by atoms with Crippen LogP contribution in [0.25, 0.3) is 0 Å². The van der Waals surface area contributed by atoms with Gasteiger partial charge in [-0.3, -0.25) is 0 Å². The molecule has 0 aliphatic rings. The van der Waals surface area contributed by atoms with Crippen LogP contribution < -0.4 is 10.5 Å². The first-order valence-corrected chi connectivity index (χ1v) is 5.77. The van der Waals surface area contributed by atoms with Crippen molar-refractivity contribution in [1.29, 1.82) is 0 Å².